The van der Waals surface area contributed by atoms with Gasteiger partial charge in [0.05, 0.1) is 18.9 Å². The maximum absolute atomic E-state index is 12.6. The van der Waals surface area contributed by atoms with Gasteiger partial charge in [-0.3, -0.25) is 28.8 Å². The van der Waals surface area contributed by atoms with E-state index in [-0.39, 0.29) is 0 Å². The Morgan fingerprint density at radius 3 is 1.70 bits per heavy atom. The van der Waals surface area contributed by atoms with Crippen LogP contribution in [0.25, 0.3) is 0 Å². The number of nitrogens with one attached hydrogen (secondary N) is 3. The quantitative estimate of drug-likeness (QED) is 0.116. The highest BCUT2D eigenvalue weighted by Gasteiger charge is 2.32. The molecule has 186 valence electrons. The van der Waals surface area contributed by atoms with Crippen molar-refractivity contribution in [2.45, 2.75) is 63.7 Å². The van der Waals surface area contributed by atoms with Crippen molar-refractivity contribution in [1.82, 2.24) is 16.0 Å². The number of carbonyl (C=O) groups is 7. The first-order valence-corrected chi connectivity index (χ1v) is 9.77. The standard InChI is InChI=1S/C18H29N5O10/c1-7(2)14(18(32)33)23-16(30)9(3-4-12(25)26)21-17(31)10(6-11(20)24)22-15(29)8(19)5-13(27)28/h7-10,14H,3-6,19H2,1-2H3,(H2,20,24)(H,21,31)(H,22,29)(H,23,30)(H,25,26)(H,27,28)(H,32,33). The highest BCUT2D eigenvalue weighted by molar-refractivity contribution is 5.96. The number of carbonyl (C=O) groups excluding carboxylic acids is 4. The SMILES string of the molecule is CC(C)C(NC(=O)C(CCC(=O)O)NC(=O)C(CC(N)=O)NC(=O)C(N)CC(=O)O)C(=O)O. The van der Waals surface area contributed by atoms with Crippen LogP contribution in [0.3, 0.4) is 0 Å². The zero-order chi connectivity index (χ0) is 25.9. The van der Waals surface area contributed by atoms with Crippen LogP contribution in [-0.2, 0) is 33.6 Å². The Kier molecular flexibility index (Phi) is 12.1. The molecule has 33 heavy (non-hydrogen) atoms. The van der Waals surface area contributed by atoms with Crippen LogP contribution in [0, 0.1) is 5.92 Å². The van der Waals surface area contributed by atoms with E-state index in [9.17, 15) is 38.7 Å². The summed E-state index contributed by atoms with van der Waals surface area (Å²) in [5.74, 6) is -8.83. The summed E-state index contributed by atoms with van der Waals surface area (Å²) in [6.45, 7) is 3.03. The molecule has 0 rings (SSSR count). The van der Waals surface area contributed by atoms with Gasteiger partial charge in [-0.15, -0.1) is 0 Å². The maximum atomic E-state index is 12.6. The van der Waals surface area contributed by atoms with Gasteiger partial charge in [0.1, 0.15) is 18.1 Å². The average molecular weight is 475 g/mol. The van der Waals surface area contributed by atoms with Gasteiger partial charge in [-0.25, -0.2) is 4.79 Å². The molecule has 0 aromatic rings. The number of aliphatic carboxylic acids is 3. The summed E-state index contributed by atoms with van der Waals surface area (Å²) >= 11 is 0. The molecule has 15 nitrogen and oxygen atoms in total. The van der Waals surface area contributed by atoms with E-state index in [1.54, 1.807) is 0 Å². The average Bonchev–Trinajstić information content (AvgIpc) is 2.66. The Hall–Kier alpha value is -3.75. The van der Waals surface area contributed by atoms with Crippen LogP contribution in [0.15, 0.2) is 0 Å². The van der Waals surface area contributed by atoms with Crippen LogP contribution in [0.1, 0.15) is 39.5 Å². The summed E-state index contributed by atoms with van der Waals surface area (Å²) in [5, 5.41) is 33.2. The van der Waals surface area contributed by atoms with E-state index in [1.807, 2.05) is 0 Å². The lowest BCUT2D eigenvalue weighted by molar-refractivity contribution is -0.144. The van der Waals surface area contributed by atoms with Crippen LogP contribution in [-0.4, -0.2) is 81.0 Å². The van der Waals surface area contributed by atoms with Crippen molar-refractivity contribution in [3.8, 4) is 0 Å². The fourth-order valence-corrected chi connectivity index (χ4v) is 2.55. The van der Waals surface area contributed by atoms with Gasteiger partial charge >= 0.3 is 17.9 Å². The minimum absolute atomic E-state index is 0.437. The zero-order valence-corrected chi connectivity index (χ0v) is 18.1. The summed E-state index contributed by atoms with van der Waals surface area (Å²) in [6, 6.07) is -6.08. The number of hydrogen-bond acceptors (Lipinski definition) is 8. The second kappa shape index (κ2) is 13.6. The second-order valence-electron chi connectivity index (χ2n) is 7.50. The summed E-state index contributed by atoms with van der Waals surface area (Å²) in [4.78, 5) is 81.5. The molecule has 0 aliphatic rings. The molecule has 10 N–H and O–H groups in total. The first kappa shape index (κ1) is 29.2. The third-order valence-electron chi connectivity index (χ3n) is 4.28. The van der Waals surface area contributed by atoms with Crippen LogP contribution < -0.4 is 27.4 Å². The zero-order valence-electron chi connectivity index (χ0n) is 18.1. The number of primary amides is 1. The molecule has 0 aliphatic heterocycles. The lowest BCUT2D eigenvalue weighted by Gasteiger charge is -2.25. The largest absolute Gasteiger partial charge is 0.481 e. The first-order valence-electron chi connectivity index (χ1n) is 9.77. The molecule has 4 atom stereocenters. The summed E-state index contributed by atoms with van der Waals surface area (Å²) in [7, 11) is 0. The van der Waals surface area contributed by atoms with Gasteiger partial charge in [0.15, 0.2) is 0 Å². The molecule has 0 fully saturated rings. The van der Waals surface area contributed by atoms with Crippen LogP contribution in [0.4, 0.5) is 0 Å². The summed E-state index contributed by atoms with van der Waals surface area (Å²) in [6.07, 6.45) is -2.53. The number of carboxylic acids is 3. The van der Waals surface area contributed by atoms with Crippen molar-refractivity contribution < 1.29 is 48.9 Å². The van der Waals surface area contributed by atoms with E-state index in [4.69, 9.17) is 21.7 Å². The van der Waals surface area contributed by atoms with Crippen molar-refractivity contribution in [3.05, 3.63) is 0 Å². The van der Waals surface area contributed by atoms with Gasteiger partial charge in [0.2, 0.25) is 23.6 Å². The highest BCUT2D eigenvalue weighted by atomic mass is 16.4. The number of rotatable bonds is 15. The van der Waals surface area contributed by atoms with Crippen molar-refractivity contribution >= 4 is 41.5 Å². The molecular formula is C18H29N5O10. The van der Waals surface area contributed by atoms with Crippen molar-refractivity contribution in [1.29, 1.82) is 0 Å². The van der Waals surface area contributed by atoms with Crippen LogP contribution in [0.2, 0.25) is 0 Å². The van der Waals surface area contributed by atoms with E-state index >= 15 is 0 Å². The van der Waals surface area contributed by atoms with Gasteiger partial charge in [-0.05, 0) is 12.3 Å². The highest BCUT2D eigenvalue weighted by Crippen LogP contribution is 2.06. The number of carboxylic acid groups (broad SMARTS) is 3. The Balaban J connectivity index is 5.60. The normalized spacial score (nSPS) is 14.3. The molecule has 0 aromatic heterocycles. The van der Waals surface area contributed by atoms with Gasteiger partial charge in [-0.2, -0.15) is 0 Å². The maximum Gasteiger partial charge on any atom is 0.326 e. The van der Waals surface area contributed by atoms with E-state index in [0.717, 1.165) is 0 Å². The predicted molar refractivity (Wildman–Crippen MR) is 109 cm³/mol. The molecule has 0 aliphatic carbocycles. The van der Waals surface area contributed by atoms with Gasteiger partial charge in [0, 0.05) is 6.42 Å². The topological polar surface area (TPSA) is 268 Å². The Morgan fingerprint density at radius 1 is 0.758 bits per heavy atom. The summed E-state index contributed by atoms with van der Waals surface area (Å²) < 4.78 is 0. The van der Waals surface area contributed by atoms with Crippen molar-refractivity contribution in [2.75, 3.05) is 0 Å². The Labute approximate surface area is 188 Å². The molecule has 0 saturated carbocycles. The molecule has 0 spiro atoms. The third-order valence-corrected chi connectivity index (χ3v) is 4.28. The fraction of sp³-hybridized carbons (Fsp3) is 0.611. The monoisotopic (exact) mass is 475 g/mol. The minimum atomic E-state index is -1.66. The van der Waals surface area contributed by atoms with E-state index in [0.29, 0.717) is 0 Å². The molecule has 4 amide bonds. The molecule has 4 unspecified atom stereocenters. The number of nitrogens with two attached hydrogens (primary N) is 2. The molecule has 0 saturated heterocycles. The third kappa shape index (κ3) is 11.4. The van der Waals surface area contributed by atoms with E-state index in [2.05, 4.69) is 16.0 Å². The van der Waals surface area contributed by atoms with Gasteiger partial charge in [-0.1, -0.05) is 13.8 Å². The molecule has 0 bridgehead atoms. The lowest BCUT2D eigenvalue weighted by atomic mass is 10.0. The van der Waals surface area contributed by atoms with Gasteiger partial charge in [0.25, 0.3) is 0 Å². The molecule has 0 radical (unpaired) electrons. The van der Waals surface area contributed by atoms with Crippen LogP contribution in [0.5, 0.6) is 0 Å². The molecule has 0 aromatic carbocycles. The fourth-order valence-electron chi connectivity index (χ4n) is 2.55. The predicted octanol–water partition coefficient (Wildman–Crippen LogP) is -3.28. The van der Waals surface area contributed by atoms with Crippen molar-refractivity contribution in [3.63, 3.8) is 0 Å². The molecular weight excluding hydrogens is 446 g/mol. The summed E-state index contributed by atoms with van der Waals surface area (Å²) in [5.41, 5.74) is 10.5. The van der Waals surface area contributed by atoms with E-state index in [1.165, 1.54) is 13.8 Å². The smallest absolute Gasteiger partial charge is 0.326 e. The van der Waals surface area contributed by atoms with Gasteiger partial charge < -0.3 is 42.7 Å². The number of amides is 4. The minimum Gasteiger partial charge on any atom is -0.481 e. The lowest BCUT2D eigenvalue weighted by Crippen LogP contribution is -2.58. The molecule has 15 heteroatoms. The molecule has 0 heterocycles. The number of hydrogen-bond donors (Lipinski definition) is 8. The Bertz CT molecular complexity index is 785. The van der Waals surface area contributed by atoms with E-state index < -0.39 is 97.3 Å². The first-order chi connectivity index (χ1) is 15.1. The second-order valence-corrected chi connectivity index (χ2v) is 7.50. The Morgan fingerprint density at radius 2 is 1.27 bits per heavy atom. The van der Waals surface area contributed by atoms with Crippen molar-refractivity contribution in [2.24, 2.45) is 17.4 Å². The van der Waals surface area contributed by atoms with Crippen LogP contribution >= 0.6 is 0 Å².